The Morgan fingerprint density at radius 1 is 0.852 bits per heavy atom. The normalized spacial score (nSPS) is 14.5. The summed E-state index contributed by atoms with van der Waals surface area (Å²) in [6, 6.07) is 8.53. The second-order valence-electron chi connectivity index (χ2n) is 7.82. The Morgan fingerprint density at radius 3 is 1.93 bits per heavy atom. The molecule has 27 heavy (non-hydrogen) atoms. The van der Waals surface area contributed by atoms with E-state index in [2.05, 4.69) is 77.4 Å². The van der Waals surface area contributed by atoms with E-state index in [-0.39, 0.29) is 0 Å². The maximum absolute atomic E-state index is 5.65. The standard InChI is InChI=1S/C21H35N5O/c1-18-17-27-21(23-22-18)20-10-8-19(9-11-20)16-26(14-6-12-24(2)3)15-7-13-25(4)5/h8-11H,6-7,12-17H2,1-5H3. The minimum absolute atomic E-state index is 0.520. The quantitative estimate of drug-likeness (QED) is 0.598. The average Bonchev–Trinajstić information content (AvgIpc) is 2.62. The smallest absolute Gasteiger partial charge is 0.241 e. The minimum Gasteiger partial charge on any atom is -0.470 e. The summed E-state index contributed by atoms with van der Waals surface area (Å²) in [4.78, 5) is 7.06. The maximum Gasteiger partial charge on any atom is 0.241 e. The van der Waals surface area contributed by atoms with Gasteiger partial charge in [-0.3, -0.25) is 4.90 Å². The van der Waals surface area contributed by atoms with Gasteiger partial charge in [0.2, 0.25) is 5.90 Å². The van der Waals surface area contributed by atoms with Gasteiger partial charge in [0.1, 0.15) is 6.61 Å². The Morgan fingerprint density at radius 2 is 1.44 bits per heavy atom. The first kappa shape index (κ1) is 21.5. The summed E-state index contributed by atoms with van der Waals surface area (Å²) in [7, 11) is 8.54. The highest BCUT2D eigenvalue weighted by Crippen LogP contribution is 2.12. The zero-order chi connectivity index (χ0) is 19.6. The predicted octanol–water partition coefficient (Wildman–Crippen LogP) is 2.54. The molecule has 2 rings (SSSR count). The molecular weight excluding hydrogens is 338 g/mol. The number of rotatable bonds is 11. The largest absolute Gasteiger partial charge is 0.470 e. The Balaban J connectivity index is 1.93. The van der Waals surface area contributed by atoms with Crippen LogP contribution in [0.4, 0.5) is 0 Å². The third-order valence-electron chi connectivity index (χ3n) is 4.50. The molecule has 1 heterocycles. The lowest BCUT2D eigenvalue weighted by atomic mass is 10.1. The van der Waals surface area contributed by atoms with E-state index >= 15 is 0 Å². The van der Waals surface area contributed by atoms with Gasteiger partial charge < -0.3 is 14.5 Å². The molecule has 0 atom stereocenters. The SMILES string of the molecule is CC1=NN=C(c2ccc(CN(CCCN(C)C)CCCN(C)C)cc2)OC1. The van der Waals surface area contributed by atoms with Crippen molar-refractivity contribution in [3.8, 4) is 0 Å². The van der Waals surface area contributed by atoms with E-state index in [9.17, 15) is 0 Å². The molecule has 1 aromatic carbocycles. The average molecular weight is 374 g/mol. The van der Waals surface area contributed by atoms with Crippen molar-refractivity contribution in [2.45, 2.75) is 26.3 Å². The second-order valence-corrected chi connectivity index (χ2v) is 7.82. The molecule has 0 saturated heterocycles. The molecule has 0 fully saturated rings. The number of hydrogen-bond acceptors (Lipinski definition) is 6. The summed E-state index contributed by atoms with van der Waals surface area (Å²) in [5, 5.41) is 8.27. The Hall–Kier alpha value is -1.76. The highest BCUT2D eigenvalue weighted by molar-refractivity contribution is 5.98. The van der Waals surface area contributed by atoms with Crippen molar-refractivity contribution in [1.29, 1.82) is 0 Å². The topological polar surface area (TPSA) is 43.7 Å². The molecule has 0 amide bonds. The Kier molecular flexibility index (Phi) is 8.91. The van der Waals surface area contributed by atoms with Crippen molar-refractivity contribution in [3.05, 3.63) is 35.4 Å². The van der Waals surface area contributed by atoms with Crippen molar-refractivity contribution in [3.63, 3.8) is 0 Å². The molecule has 0 unspecified atom stereocenters. The van der Waals surface area contributed by atoms with Gasteiger partial charge in [0.25, 0.3) is 0 Å². The summed E-state index contributed by atoms with van der Waals surface area (Å²) in [5.41, 5.74) is 3.22. The van der Waals surface area contributed by atoms with Gasteiger partial charge in [0.05, 0.1) is 5.71 Å². The molecule has 0 saturated carbocycles. The number of ether oxygens (including phenoxy) is 1. The van der Waals surface area contributed by atoms with Gasteiger partial charge in [-0.2, -0.15) is 5.10 Å². The molecule has 0 spiro atoms. The Labute approximate surface area is 164 Å². The highest BCUT2D eigenvalue weighted by atomic mass is 16.5. The van der Waals surface area contributed by atoms with Crippen LogP contribution in [0.25, 0.3) is 0 Å². The van der Waals surface area contributed by atoms with Crippen LogP contribution in [0.3, 0.4) is 0 Å². The van der Waals surface area contributed by atoms with Crippen molar-refractivity contribution >= 4 is 11.6 Å². The lowest BCUT2D eigenvalue weighted by Gasteiger charge is -2.24. The molecule has 0 aliphatic carbocycles. The van der Waals surface area contributed by atoms with Crippen LogP contribution in [0, 0.1) is 0 Å². The van der Waals surface area contributed by atoms with E-state index in [0.717, 1.165) is 44.0 Å². The first-order chi connectivity index (χ1) is 12.9. The molecule has 150 valence electrons. The lowest BCUT2D eigenvalue weighted by molar-refractivity contribution is 0.234. The first-order valence-corrected chi connectivity index (χ1v) is 9.79. The third kappa shape index (κ3) is 8.20. The van der Waals surface area contributed by atoms with Crippen molar-refractivity contribution in [2.75, 3.05) is 61.0 Å². The molecule has 0 bridgehead atoms. The van der Waals surface area contributed by atoms with Crippen molar-refractivity contribution in [1.82, 2.24) is 14.7 Å². The third-order valence-corrected chi connectivity index (χ3v) is 4.50. The molecular formula is C21H35N5O. The van der Waals surface area contributed by atoms with Gasteiger partial charge >= 0.3 is 0 Å². The molecule has 6 nitrogen and oxygen atoms in total. The van der Waals surface area contributed by atoms with Crippen LogP contribution in [0.1, 0.15) is 30.9 Å². The minimum atomic E-state index is 0.520. The van der Waals surface area contributed by atoms with E-state index in [1.807, 2.05) is 6.92 Å². The van der Waals surface area contributed by atoms with Crippen LogP contribution in [-0.2, 0) is 11.3 Å². The van der Waals surface area contributed by atoms with Gasteiger partial charge in [-0.05, 0) is 91.8 Å². The number of hydrogen-bond donors (Lipinski definition) is 0. The molecule has 0 aromatic heterocycles. The zero-order valence-corrected chi connectivity index (χ0v) is 17.6. The van der Waals surface area contributed by atoms with Crippen molar-refractivity contribution < 1.29 is 4.74 Å². The molecule has 0 N–H and O–H groups in total. The second kappa shape index (κ2) is 11.2. The van der Waals surface area contributed by atoms with E-state index in [0.29, 0.717) is 12.5 Å². The summed E-state index contributed by atoms with van der Waals surface area (Å²) in [6.07, 6.45) is 2.38. The summed E-state index contributed by atoms with van der Waals surface area (Å²) in [5.74, 6) is 0.612. The molecule has 6 heteroatoms. The van der Waals surface area contributed by atoms with Gasteiger partial charge in [-0.15, -0.1) is 5.10 Å². The predicted molar refractivity (Wildman–Crippen MR) is 114 cm³/mol. The fourth-order valence-electron chi connectivity index (χ4n) is 3.00. The number of benzene rings is 1. The molecule has 1 aliphatic rings. The lowest BCUT2D eigenvalue weighted by Crippen LogP contribution is -2.30. The molecule has 1 aromatic rings. The van der Waals surface area contributed by atoms with Crippen molar-refractivity contribution in [2.24, 2.45) is 10.2 Å². The van der Waals surface area contributed by atoms with E-state index in [1.165, 1.54) is 18.4 Å². The Bertz CT molecular complexity index is 608. The molecule has 1 aliphatic heterocycles. The summed E-state index contributed by atoms with van der Waals surface area (Å²) < 4.78 is 5.65. The zero-order valence-electron chi connectivity index (χ0n) is 17.6. The van der Waals surface area contributed by atoms with Crippen LogP contribution in [0.15, 0.2) is 34.5 Å². The fraction of sp³-hybridized carbons (Fsp3) is 0.619. The van der Waals surface area contributed by atoms with Gasteiger partial charge in [-0.1, -0.05) is 12.1 Å². The van der Waals surface area contributed by atoms with E-state index < -0.39 is 0 Å². The van der Waals surface area contributed by atoms with Crippen LogP contribution in [0.5, 0.6) is 0 Å². The van der Waals surface area contributed by atoms with Gasteiger partial charge in [0.15, 0.2) is 0 Å². The van der Waals surface area contributed by atoms with Crippen LogP contribution >= 0.6 is 0 Å². The van der Waals surface area contributed by atoms with Gasteiger partial charge in [-0.25, -0.2) is 0 Å². The monoisotopic (exact) mass is 373 g/mol. The van der Waals surface area contributed by atoms with Crippen LogP contribution in [-0.4, -0.2) is 87.3 Å². The van der Waals surface area contributed by atoms with E-state index in [1.54, 1.807) is 0 Å². The van der Waals surface area contributed by atoms with Gasteiger partial charge in [0, 0.05) is 12.1 Å². The van der Waals surface area contributed by atoms with Crippen LogP contribution in [0.2, 0.25) is 0 Å². The summed E-state index contributed by atoms with van der Waals surface area (Å²) in [6.45, 7) is 7.91. The first-order valence-electron chi connectivity index (χ1n) is 9.79. The number of nitrogens with zero attached hydrogens (tertiary/aromatic N) is 5. The van der Waals surface area contributed by atoms with Crippen LogP contribution < -0.4 is 0 Å². The highest BCUT2D eigenvalue weighted by Gasteiger charge is 2.11. The summed E-state index contributed by atoms with van der Waals surface area (Å²) >= 11 is 0. The van der Waals surface area contributed by atoms with E-state index in [4.69, 9.17) is 4.74 Å². The molecule has 0 radical (unpaired) electrons. The maximum atomic E-state index is 5.65. The fourth-order valence-corrected chi connectivity index (χ4v) is 3.00.